The molecule has 0 aromatic carbocycles. The summed E-state index contributed by atoms with van der Waals surface area (Å²) >= 11 is 0. The van der Waals surface area contributed by atoms with Crippen molar-refractivity contribution in [2.24, 2.45) is 5.92 Å². The second-order valence-electron chi connectivity index (χ2n) is 3.63. The minimum atomic E-state index is -0.190. The van der Waals surface area contributed by atoms with E-state index in [2.05, 4.69) is 11.9 Å². The molecule has 0 heterocycles. The van der Waals surface area contributed by atoms with Gasteiger partial charge in [-0.25, -0.2) is 0 Å². The average molecular weight is 199 g/mol. The summed E-state index contributed by atoms with van der Waals surface area (Å²) in [6, 6.07) is -0.190. The van der Waals surface area contributed by atoms with Crippen LogP contribution in [0.1, 0.15) is 26.7 Å². The van der Waals surface area contributed by atoms with Gasteiger partial charge in [0.25, 0.3) is 0 Å². The number of esters is 1. The topological polar surface area (TPSA) is 38.3 Å². The van der Waals surface area contributed by atoms with E-state index in [1.807, 2.05) is 19.9 Å². The van der Waals surface area contributed by atoms with Crippen LogP contribution < -0.4 is 5.32 Å². The van der Waals surface area contributed by atoms with Crippen molar-refractivity contribution in [1.82, 2.24) is 5.32 Å². The summed E-state index contributed by atoms with van der Waals surface area (Å²) in [5.41, 5.74) is 0. The smallest absolute Gasteiger partial charge is 0.323 e. The Morgan fingerprint density at radius 2 is 2.21 bits per heavy atom. The van der Waals surface area contributed by atoms with Gasteiger partial charge in [0.05, 0.1) is 7.11 Å². The Bertz CT molecular complexity index is 178. The standard InChI is InChI=1S/C11H21NO2/c1-5-6-7-8-12-10(9(2)3)11(13)14-4/h5,9-10,12H,1,6-8H2,2-4H3/t10-/m0/s1. The van der Waals surface area contributed by atoms with Crippen molar-refractivity contribution in [3.8, 4) is 0 Å². The van der Waals surface area contributed by atoms with Gasteiger partial charge >= 0.3 is 5.97 Å². The molecule has 0 fully saturated rings. The molecule has 0 radical (unpaired) electrons. The van der Waals surface area contributed by atoms with Crippen LogP contribution in [0, 0.1) is 5.92 Å². The van der Waals surface area contributed by atoms with E-state index in [1.54, 1.807) is 0 Å². The molecular weight excluding hydrogens is 178 g/mol. The van der Waals surface area contributed by atoms with E-state index in [4.69, 9.17) is 4.74 Å². The molecule has 0 aromatic heterocycles. The number of nitrogens with one attached hydrogen (secondary N) is 1. The number of methoxy groups -OCH3 is 1. The molecule has 0 saturated heterocycles. The Morgan fingerprint density at radius 3 is 2.64 bits per heavy atom. The van der Waals surface area contributed by atoms with Crippen LogP contribution in [-0.4, -0.2) is 25.7 Å². The molecule has 1 atom stereocenters. The van der Waals surface area contributed by atoms with E-state index in [-0.39, 0.29) is 17.9 Å². The van der Waals surface area contributed by atoms with Gasteiger partial charge in [-0.3, -0.25) is 4.79 Å². The van der Waals surface area contributed by atoms with Gasteiger partial charge in [0.1, 0.15) is 6.04 Å². The third-order valence-corrected chi connectivity index (χ3v) is 2.07. The maximum absolute atomic E-state index is 11.3. The fourth-order valence-electron chi connectivity index (χ4n) is 1.22. The zero-order chi connectivity index (χ0) is 11.0. The average Bonchev–Trinajstić information content (AvgIpc) is 2.16. The van der Waals surface area contributed by atoms with Gasteiger partial charge in [-0.2, -0.15) is 0 Å². The lowest BCUT2D eigenvalue weighted by molar-refractivity contribution is -0.144. The van der Waals surface area contributed by atoms with Crippen molar-refractivity contribution in [3.05, 3.63) is 12.7 Å². The molecule has 0 bridgehead atoms. The van der Waals surface area contributed by atoms with Crippen LogP contribution >= 0.6 is 0 Å². The number of allylic oxidation sites excluding steroid dienone is 1. The van der Waals surface area contributed by atoms with Crippen molar-refractivity contribution in [2.45, 2.75) is 32.7 Å². The van der Waals surface area contributed by atoms with Crippen molar-refractivity contribution >= 4 is 5.97 Å². The number of rotatable bonds is 7. The number of unbranched alkanes of at least 4 members (excludes halogenated alkanes) is 1. The first-order valence-electron chi connectivity index (χ1n) is 5.05. The van der Waals surface area contributed by atoms with E-state index < -0.39 is 0 Å². The minimum Gasteiger partial charge on any atom is -0.468 e. The number of hydrogen-bond acceptors (Lipinski definition) is 3. The van der Waals surface area contributed by atoms with E-state index >= 15 is 0 Å². The van der Waals surface area contributed by atoms with E-state index in [0.29, 0.717) is 0 Å². The molecule has 0 aliphatic heterocycles. The van der Waals surface area contributed by atoms with Gasteiger partial charge in [0, 0.05) is 0 Å². The van der Waals surface area contributed by atoms with Crippen LogP contribution in [0.5, 0.6) is 0 Å². The molecule has 14 heavy (non-hydrogen) atoms. The van der Waals surface area contributed by atoms with Gasteiger partial charge < -0.3 is 10.1 Å². The van der Waals surface area contributed by atoms with Crippen molar-refractivity contribution in [3.63, 3.8) is 0 Å². The van der Waals surface area contributed by atoms with Gasteiger partial charge in [0.2, 0.25) is 0 Å². The summed E-state index contributed by atoms with van der Waals surface area (Å²) in [7, 11) is 1.42. The molecule has 3 nitrogen and oxygen atoms in total. The van der Waals surface area contributed by atoms with Crippen molar-refractivity contribution in [2.75, 3.05) is 13.7 Å². The van der Waals surface area contributed by atoms with Gasteiger partial charge in [-0.15, -0.1) is 6.58 Å². The predicted octanol–water partition coefficient (Wildman–Crippen LogP) is 1.74. The Hall–Kier alpha value is -0.830. The lowest BCUT2D eigenvalue weighted by Gasteiger charge is -2.19. The van der Waals surface area contributed by atoms with Gasteiger partial charge in [-0.05, 0) is 25.3 Å². The molecule has 0 unspecified atom stereocenters. The first kappa shape index (κ1) is 13.2. The first-order valence-corrected chi connectivity index (χ1v) is 5.05. The van der Waals surface area contributed by atoms with Crippen molar-refractivity contribution in [1.29, 1.82) is 0 Å². The zero-order valence-corrected chi connectivity index (χ0v) is 9.38. The summed E-state index contributed by atoms with van der Waals surface area (Å²) in [6.45, 7) is 8.47. The summed E-state index contributed by atoms with van der Waals surface area (Å²) in [6.07, 6.45) is 3.85. The molecule has 0 aromatic rings. The second-order valence-corrected chi connectivity index (χ2v) is 3.63. The highest BCUT2D eigenvalue weighted by Gasteiger charge is 2.21. The summed E-state index contributed by atoms with van der Waals surface area (Å²) in [5, 5.41) is 3.18. The van der Waals surface area contributed by atoms with Gasteiger partial charge in [0.15, 0.2) is 0 Å². The minimum absolute atomic E-state index is 0.182. The number of ether oxygens (including phenoxy) is 1. The molecule has 0 aliphatic carbocycles. The monoisotopic (exact) mass is 199 g/mol. The Labute approximate surface area is 86.5 Å². The van der Waals surface area contributed by atoms with Gasteiger partial charge in [-0.1, -0.05) is 19.9 Å². The SMILES string of the molecule is C=CCCCN[C@H](C(=O)OC)C(C)C. The zero-order valence-electron chi connectivity index (χ0n) is 9.38. The third kappa shape index (κ3) is 5.02. The second kappa shape index (κ2) is 7.56. The van der Waals surface area contributed by atoms with E-state index in [9.17, 15) is 4.79 Å². The highest BCUT2D eigenvalue weighted by atomic mass is 16.5. The third-order valence-electron chi connectivity index (χ3n) is 2.07. The van der Waals surface area contributed by atoms with Crippen LogP contribution in [-0.2, 0) is 9.53 Å². The molecule has 0 spiro atoms. The highest BCUT2D eigenvalue weighted by Crippen LogP contribution is 2.03. The number of hydrogen-bond donors (Lipinski definition) is 1. The molecule has 3 heteroatoms. The summed E-state index contributed by atoms with van der Waals surface area (Å²) in [4.78, 5) is 11.3. The van der Waals surface area contributed by atoms with E-state index in [0.717, 1.165) is 19.4 Å². The number of carbonyl (C=O) groups is 1. The molecule has 82 valence electrons. The molecule has 0 rings (SSSR count). The lowest BCUT2D eigenvalue weighted by Crippen LogP contribution is -2.42. The quantitative estimate of drug-likeness (QED) is 0.385. The van der Waals surface area contributed by atoms with E-state index in [1.165, 1.54) is 7.11 Å². The highest BCUT2D eigenvalue weighted by molar-refractivity contribution is 5.75. The first-order chi connectivity index (χ1) is 6.63. The summed E-state index contributed by atoms with van der Waals surface area (Å²) < 4.78 is 4.71. The maximum Gasteiger partial charge on any atom is 0.323 e. The summed E-state index contributed by atoms with van der Waals surface area (Å²) in [5.74, 6) is 0.0739. The molecule has 1 N–H and O–H groups in total. The normalized spacial score (nSPS) is 12.6. The van der Waals surface area contributed by atoms with Crippen LogP contribution in [0.3, 0.4) is 0 Å². The maximum atomic E-state index is 11.3. The Balaban J connectivity index is 3.85. The fraction of sp³-hybridized carbons (Fsp3) is 0.727. The Morgan fingerprint density at radius 1 is 1.57 bits per heavy atom. The van der Waals surface area contributed by atoms with Crippen LogP contribution in [0.4, 0.5) is 0 Å². The molecule has 0 amide bonds. The van der Waals surface area contributed by atoms with Crippen LogP contribution in [0.25, 0.3) is 0 Å². The largest absolute Gasteiger partial charge is 0.468 e. The van der Waals surface area contributed by atoms with Crippen LogP contribution in [0.2, 0.25) is 0 Å². The fourth-order valence-corrected chi connectivity index (χ4v) is 1.22. The van der Waals surface area contributed by atoms with Crippen molar-refractivity contribution < 1.29 is 9.53 Å². The predicted molar refractivity (Wildman–Crippen MR) is 58.1 cm³/mol. The lowest BCUT2D eigenvalue weighted by atomic mass is 10.0. The molecule has 0 aliphatic rings. The number of carbonyl (C=O) groups excluding carboxylic acids is 1. The molecular formula is C11H21NO2. The van der Waals surface area contributed by atoms with Crippen LogP contribution in [0.15, 0.2) is 12.7 Å². The Kier molecular flexibility index (Phi) is 7.11. The molecule has 0 saturated carbocycles.